The average Bonchev–Trinajstić information content (AvgIpc) is 3.12. The maximum absolute atomic E-state index is 12.9. The second-order valence-corrected chi connectivity index (χ2v) is 7.68. The molecule has 27 heavy (non-hydrogen) atoms. The molecular formula is C21H15N3O2S. The number of aromatic nitrogens is 1. The first kappa shape index (κ1) is 16.9. The highest BCUT2D eigenvalue weighted by Gasteiger charge is 2.20. The van der Waals surface area contributed by atoms with E-state index in [0.717, 1.165) is 22.2 Å². The van der Waals surface area contributed by atoms with Crippen LogP contribution in [-0.4, -0.2) is 13.4 Å². The maximum Gasteiger partial charge on any atom is 0.263 e. The van der Waals surface area contributed by atoms with Gasteiger partial charge in [0.2, 0.25) is 0 Å². The Kier molecular flexibility index (Phi) is 4.15. The van der Waals surface area contributed by atoms with E-state index in [2.05, 4.69) is 9.71 Å². The summed E-state index contributed by atoms with van der Waals surface area (Å²) in [6.07, 6.45) is 0. The van der Waals surface area contributed by atoms with E-state index in [1.165, 1.54) is 12.1 Å². The number of nitrogens with zero attached hydrogens (tertiary/aromatic N) is 1. The SMILES string of the molecule is N#Cc1ccccc1S(=O)(=O)Nc1ccccc1-c1cc2ccccc2[nH]1. The molecule has 132 valence electrons. The number of nitrogens with one attached hydrogen (secondary N) is 2. The summed E-state index contributed by atoms with van der Waals surface area (Å²) >= 11 is 0. The zero-order chi connectivity index (χ0) is 18.9. The molecule has 0 aliphatic rings. The first-order valence-electron chi connectivity index (χ1n) is 8.27. The van der Waals surface area contributed by atoms with Crippen LogP contribution in [0.15, 0.2) is 83.8 Å². The number of H-pyrrole nitrogens is 1. The highest BCUT2D eigenvalue weighted by Crippen LogP contribution is 2.31. The number of para-hydroxylation sites is 2. The second kappa shape index (κ2) is 6.63. The number of nitriles is 1. The van der Waals surface area contributed by atoms with E-state index in [1.807, 2.05) is 48.5 Å². The molecule has 0 radical (unpaired) electrons. The predicted octanol–water partition coefficient (Wildman–Crippen LogP) is 4.51. The lowest BCUT2D eigenvalue weighted by atomic mass is 10.1. The van der Waals surface area contributed by atoms with Crippen molar-refractivity contribution in [2.75, 3.05) is 4.72 Å². The van der Waals surface area contributed by atoms with E-state index >= 15 is 0 Å². The van der Waals surface area contributed by atoms with Crippen molar-refractivity contribution in [1.82, 2.24) is 4.98 Å². The molecule has 0 saturated carbocycles. The van der Waals surface area contributed by atoms with Crippen LogP contribution in [0, 0.1) is 11.3 Å². The quantitative estimate of drug-likeness (QED) is 0.552. The van der Waals surface area contributed by atoms with Gasteiger partial charge in [-0.15, -0.1) is 0 Å². The smallest absolute Gasteiger partial charge is 0.263 e. The Balaban J connectivity index is 1.79. The number of rotatable bonds is 4. The normalized spacial score (nSPS) is 11.2. The third kappa shape index (κ3) is 3.16. The van der Waals surface area contributed by atoms with Crippen molar-refractivity contribution >= 4 is 26.6 Å². The van der Waals surface area contributed by atoms with Gasteiger partial charge in [-0.05, 0) is 30.3 Å². The largest absolute Gasteiger partial charge is 0.354 e. The van der Waals surface area contributed by atoms with E-state index in [4.69, 9.17) is 0 Å². The van der Waals surface area contributed by atoms with Crippen molar-refractivity contribution in [1.29, 1.82) is 5.26 Å². The van der Waals surface area contributed by atoms with Gasteiger partial charge in [-0.3, -0.25) is 4.72 Å². The average molecular weight is 373 g/mol. The van der Waals surface area contributed by atoms with E-state index in [1.54, 1.807) is 24.3 Å². The first-order valence-corrected chi connectivity index (χ1v) is 9.76. The summed E-state index contributed by atoms with van der Waals surface area (Å²) in [7, 11) is -3.90. The van der Waals surface area contributed by atoms with Crippen LogP contribution in [0.5, 0.6) is 0 Å². The van der Waals surface area contributed by atoms with Gasteiger partial charge in [0, 0.05) is 22.2 Å². The minimum Gasteiger partial charge on any atom is -0.354 e. The molecule has 1 heterocycles. The van der Waals surface area contributed by atoms with Gasteiger partial charge in [0.05, 0.1) is 11.3 Å². The number of hydrogen-bond acceptors (Lipinski definition) is 3. The number of aromatic amines is 1. The van der Waals surface area contributed by atoms with Gasteiger partial charge in [0.15, 0.2) is 0 Å². The van der Waals surface area contributed by atoms with Crippen molar-refractivity contribution in [3.05, 3.63) is 84.4 Å². The third-order valence-electron chi connectivity index (χ3n) is 4.29. The Bertz CT molecular complexity index is 1250. The molecule has 0 unspecified atom stereocenters. The fourth-order valence-electron chi connectivity index (χ4n) is 3.02. The maximum atomic E-state index is 12.9. The predicted molar refractivity (Wildman–Crippen MR) is 106 cm³/mol. The Morgan fingerprint density at radius 1 is 0.889 bits per heavy atom. The zero-order valence-electron chi connectivity index (χ0n) is 14.2. The van der Waals surface area contributed by atoms with Crippen molar-refractivity contribution in [3.63, 3.8) is 0 Å². The molecule has 2 N–H and O–H groups in total. The molecule has 0 atom stereocenters. The van der Waals surface area contributed by atoms with Crippen LogP contribution in [0.2, 0.25) is 0 Å². The van der Waals surface area contributed by atoms with Gasteiger partial charge in [-0.25, -0.2) is 8.42 Å². The van der Waals surface area contributed by atoms with E-state index in [-0.39, 0.29) is 10.5 Å². The van der Waals surface area contributed by atoms with Gasteiger partial charge >= 0.3 is 0 Å². The molecule has 5 nitrogen and oxygen atoms in total. The molecule has 3 aromatic carbocycles. The number of fused-ring (bicyclic) bond motifs is 1. The second-order valence-electron chi connectivity index (χ2n) is 6.03. The van der Waals surface area contributed by atoms with Crippen molar-refractivity contribution in [2.45, 2.75) is 4.90 Å². The number of benzene rings is 3. The molecule has 4 aromatic rings. The Hall–Kier alpha value is -3.56. The van der Waals surface area contributed by atoms with Crippen molar-refractivity contribution in [2.24, 2.45) is 0 Å². The van der Waals surface area contributed by atoms with Gasteiger partial charge < -0.3 is 4.98 Å². The number of hydrogen-bond donors (Lipinski definition) is 2. The fourth-order valence-corrected chi connectivity index (χ4v) is 4.26. The van der Waals surface area contributed by atoms with Gasteiger partial charge in [-0.2, -0.15) is 5.26 Å². The van der Waals surface area contributed by atoms with E-state index in [0.29, 0.717) is 5.69 Å². The summed E-state index contributed by atoms with van der Waals surface area (Å²) in [6.45, 7) is 0. The fraction of sp³-hybridized carbons (Fsp3) is 0. The van der Waals surface area contributed by atoms with Gasteiger partial charge in [-0.1, -0.05) is 48.5 Å². The highest BCUT2D eigenvalue weighted by atomic mass is 32.2. The summed E-state index contributed by atoms with van der Waals surface area (Å²) in [5.41, 5.74) is 3.06. The zero-order valence-corrected chi connectivity index (χ0v) is 15.0. The molecule has 4 rings (SSSR count). The van der Waals surface area contributed by atoms with Crippen molar-refractivity contribution < 1.29 is 8.42 Å². The van der Waals surface area contributed by atoms with Crippen LogP contribution in [0.4, 0.5) is 5.69 Å². The van der Waals surface area contributed by atoms with Crippen LogP contribution in [0.1, 0.15) is 5.56 Å². The molecule has 1 aromatic heterocycles. The van der Waals surface area contributed by atoms with E-state index < -0.39 is 10.0 Å². The molecule has 0 amide bonds. The van der Waals surface area contributed by atoms with Crippen molar-refractivity contribution in [3.8, 4) is 17.3 Å². The Morgan fingerprint density at radius 3 is 2.41 bits per heavy atom. The molecule has 0 bridgehead atoms. The summed E-state index contributed by atoms with van der Waals surface area (Å²) in [5, 5.41) is 10.3. The molecule has 0 spiro atoms. The summed E-state index contributed by atoms with van der Waals surface area (Å²) < 4.78 is 28.4. The summed E-state index contributed by atoms with van der Waals surface area (Å²) in [6, 6.07) is 25.1. The first-order chi connectivity index (χ1) is 13.1. The Labute approximate surface area is 157 Å². The lowest BCUT2D eigenvalue weighted by Crippen LogP contribution is -2.15. The molecule has 0 fully saturated rings. The molecule has 0 aliphatic heterocycles. The third-order valence-corrected chi connectivity index (χ3v) is 5.71. The molecule has 0 saturated heterocycles. The summed E-state index contributed by atoms with van der Waals surface area (Å²) in [5.74, 6) is 0. The lowest BCUT2D eigenvalue weighted by Gasteiger charge is -2.12. The van der Waals surface area contributed by atoms with Crippen LogP contribution >= 0.6 is 0 Å². The Morgan fingerprint density at radius 2 is 1.59 bits per heavy atom. The van der Waals surface area contributed by atoms with Gasteiger partial charge in [0.1, 0.15) is 11.0 Å². The van der Waals surface area contributed by atoms with Gasteiger partial charge in [0.25, 0.3) is 10.0 Å². The minimum absolute atomic E-state index is 0.0426. The highest BCUT2D eigenvalue weighted by molar-refractivity contribution is 7.92. The van der Waals surface area contributed by atoms with Crippen LogP contribution < -0.4 is 4.72 Å². The van der Waals surface area contributed by atoms with E-state index in [9.17, 15) is 13.7 Å². The molecule has 0 aliphatic carbocycles. The van der Waals surface area contributed by atoms with Crippen LogP contribution in [-0.2, 0) is 10.0 Å². The molecule has 6 heteroatoms. The topological polar surface area (TPSA) is 85.8 Å². The van der Waals surface area contributed by atoms with Crippen LogP contribution in [0.25, 0.3) is 22.2 Å². The van der Waals surface area contributed by atoms with Crippen LogP contribution in [0.3, 0.4) is 0 Å². The summed E-state index contributed by atoms with van der Waals surface area (Å²) in [4.78, 5) is 3.27. The number of anilines is 1. The monoisotopic (exact) mass is 373 g/mol. The standard InChI is InChI=1S/C21H15N3O2S/c22-14-16-8-2-6-12-21(16)27(25,26)24-19-11-5-3-9-17(19)20-13-15-7-1-4-10-18(15)23-20/h1-13,23-24H. The number of sulfonamides is 1. The minimum atomic E-state index is -3.90. The molecular weight excluding hydrogens is 358 g/mol. The lowest BCUT2D eigenvalue weighted by molar-refractivity contribution is 0.601.